The van der Waals surface area contributed by atoms with E-state index in [0.717, 1.165) is 24.6 Å². The van der Waals surface area contributed by atoms with Crippen LogP contribution in [0, 0.1) is 34.5 Å². The standard InChI is InChI=1S/C26H42O7Si/c1-8-34(9-2,10-3)33-17-12-15-18-16(23(18,5)6)11-14(4)25(19(15)27)13-24(7,30)21-26(25,20(17)28)32-22(29)31-21/h14-18,20-21,28,30H,8-13H2,1-7H3/t14-,15+,16-,17+,18+,20-,21+,24+,25+,26+/m1/s1. The molecule has 0 aromatic heterocycles. The van der Waals surface area contributed by atoms with Crippen LogP contribution in [-0.4, -0.2) is 60.0 Å². The number of carbonyl (C=O) groups excluding carboxylic acids is 2. The van der Waals surface area contributed by atoms with E-state index in [1.807, 2.05) is 6.92 Å². The molecule has 8 heteroatoms. The van der Waals surface area contributed by atoms with Crippen LogP contribution in [0.4, 0.5) is 4.79 Å². The van der Waals surface area contributed by atoms with Crippen LogP contribution >= 0.6 is 0 Å². The summed E-state index contributed by atoms with van der Waals surface area (Å²) in [6, 6.07) is 2.72. The molecule has 2 N–H and O–H groups in total. The van der Waals surface area contributed by atoms with Gasteiger partial charge in [0.25, 0.3) is 0 Å². The van der Waals surface area contributed by atoms with Crippen LogP contribution in [-0.2, 0) is 18.7 Å². The minimum atomic E-state index is -2.17. The number of fused-ring (bicyclic) bond motifs is 3. The average Bonchev–Trinajstić information content (AvgIpc) is 3.07. The summed E-state index contributed by atoms with van der Waals surface area (Å²) < 4.78 is 18.5. The van der Waals surface area contributed by atoms with Crippen molar-refractivity contribution < 1.29 is 33.7 Å². The fraction of sp³-hybridized carbons (Fsp3) is 0.923. The minimum Gasteiger partial charge on any atom is -0.423 e. The molecule has 7 nitrogen and oxygen atoms in total. The fourth-order valence-corrected chi connectivity index (χ4v) is 12.0. The summed E-state index contributed by atoms with van der Waals surface area (Å²) in [5, 5.41) is 23.7. The number of Topliss-reactive ketones (excluding diaryl/α,β-unsaturated/α-hetero) is 1. The first kappa shape index (κ1) is 24.7. The van der Waals surface area contributed by atoms with Crippen LogP contribution < -0.4 is 0 Å². The Bertz CT molecular complexity index is 889. The summed E-state index contributed by atoms with van der Waals surface area (Å²) in [5.41, 5.74) is -4.28. The number of aliphatic hydroxyl groups is 2. The number of ether oxygens (including phenoxy) is 2. The Morgan fingerprint density at radius 2 is 1.71 bits per heavy atom. The summed E-state index contributed by atoms with van der Waals surface area (Å²) in [7, 11) is -2.17. The SMILES string of the molecule is CC[Si](CC)(CC)O[C@H]1C[C@@H]2C(=O)[C@]3(C[C@](C)(O)[C@@H]4OC(=O)O[C@@]43[C@@H]1O)[C@H](C)C[C@@H]1[C@H]2C1(C)C. The molecule has 4 saturated carbocycles. The van der Waals surface area contributed by atoms with Gasteiger partial charge in [-0.1, -0.05) is 41.5 Å². The molecular weight excluding hydrogens is 452 g/mol. The van der Waals surface area contributed by atoms with E-state index >= 15 is 0 Å². The van der Waals surface area contributed by atoms with Crippen LogP contribution in [0.25, 0.3) is 0 Å². The summed E-state index contributed by atoms with van der Waals surface area (Å²) in [5.74, 6) is 0.148. The van der Waals surface area contributed by atoms with Gasteiger partial charge < -0.3 is 24.1 Å². The molecule has 0 aromatic carbocycles. The third kappa shape index (κ3) is 2.74. The van der Waals surface area contributed by atoms with Gasteiger partial charge in [0.05, 0.1) is 11.5 Å². The second-order valence-electron chi connectivity index (χ2n) is 12.8. The lowest BCUT2D eigenvalue weighted by Crippen LogP contribution is -2.66. The molecular formula is C26H42O7Si. The van der Waals surface area contributed by atoms with E-state index in [4.69, 9.17) is 13.9 Å². The molecule has 0 aromatic rings. The highest BCUT2D eigenvalue weighted by atomic mass is 28.4. The van der Waals surface area contributed by atoms with E-state index in [1.165, 1.54) is 0 Å². The largest absolute Gasteiger partial charge is 0.509 e. The molecule has 10 atom stereocenters. The van der Waals surface area contributed by atoms with Gasteiger partial charge in [-0.25, -0.2) is 4.79 Å². The highest BCUT2D eigenvalue weighted by Crippen LogP contribution is 2.74. The summed E-state index contributed by atoms with van der Waals surface area (Å²) in [6.07, 6.45) is -2.56. The quantitative estimate of drug-likeness (QED) is 0.439. The molecule has 192 valence electrons. The van der Waals surface area contributed by atoms with Crippen LogP contribution in [0.1, 0.15) is 67.7 Å². The van der Waals surface area contributed by atoms with Gasteiger partial charge in [-0.2, -0.15) is 0 Å². The van der Waals surface area contributed by atoms with Crippen molar-refractivity contribution in [2.24, 2.45) is 34.5 Å². The van der Waals surface area contributed by atoms with E-state index in [1.54, 1.807) is 6.92 Å². The minimum absolute atomic E-state index is 0.0288. The lowest BCUT2D eigenvalue weighted by atomic mass is 9.59. The van der Waals surface area contributed by atoms with Crippen LogP contribution in [0.15, 0.2) is 0 Å². The van der Waals surface area contributed by atoms with E-state index in [2.05, 4.69) is 34.6 Å². The Hall–Kier alpha value is -0.963. The van der Waals surface area contributed by atoms with Gasteiger partial charge >= 0.3 is 6.16 Å². The first-order valence-electron chi connectivity index (χ1n) is 13.3. The Labute approximate surface area is 204 Å². The highest BCUT2D eigenvalue weighted by Gasteiger charge is 2.85. The van der Waals surface area contributed by atoms with E-state index in [9.17, 15) is 19.8 Å². The molecule has 2 spiro atoms. The molecule has 0 radical (unpaired) electrons. The van der Waals surface area contributed by atoms with Crippen molar-refractivity contribution in [3.05, 3.63) is 0 Å². The van der Waals surface area contributed by atoms with E-state index in [0.29, 0.717) is 12.3 Å². The van der Waals surface area contributed by atoms with Gasteiger partial charge in [0.15, 0.2) is 20.0 Å². The number of aliphatic hydroxyl groups excluding tert-OH is 1. The predicted molar refractivity (Wildman–Crippen MR) is 127 cm³/mol. The van der Waals surface area contributed by atoms with Gasteiger partial charge in [-0.15, -0.1) is 0 Å². The molecule has 4 aliphatic carbocycles. The monoisotopic (exact) mass is 494 g/mol. The molecule has 0 amide bonds. The second-order valence-corrected chi connectivity index (χ2v) is 17.5. The Morgan fingerprint density at radius 1 is 1.09 bits per heavy atom. The molecule has 1 heterocycles. The molecule has 1 aliphatic heterocycles. The van der Waals surface area contributed by atoms with Crippen molar-refractivity contribution in [1.29, 1.82) is 0 Å². The van der Waals surface area contributed by atoms with Crippen molar-refractivity contribution in [3.63, 3.8) is 0 Å². The van der Waals surface area contributed by atoms with Crippen molar-refractivity contribution in [3.8, 4) is 0 Å². The average molecular weight is 495 g/mol. The van der Waals surface area contributed by atoms with Gasteiger partial charge in [0.1, 0.15) is 17.5 Å². The van der Waals surface area contributed by atoms with Crippen LogP contribution in [0.5, 0.6) is 0 Å². The van der Waals surface area contributed by atoms with Crippen molar-refractivity contribution in [2.45, 2.75) is 115 Å². The van der Waals surface area contributed by atoms with E-state index < -0.39 is 49.4 Å². The number of rotatable bonds is 5. The first-order chi connectivity index (χ1) is 15.8. The van der Waals surface area contributed by atoms with Gasteiger partial charge in [0, 0.05) is 5.92 Å². The zero-order chi connectivity index (χ0) is 25.1. The summed E-state index contributed by atoms with van der Waals surface area (Å²) in [4.78, 5) is 27.3. The number of ketones is 1. The highest BCUT2D eigenvalue weighted by molar-refractivity contribution is 6.73. The number of hydrogen-bond donors (Lipinski definition) is 2. The van der Waals surface area contributed by atoms with Crippen molar-refractivity contribution in [2.75, 3.05) is 0 Å². The van der Waals surface area contributed by atoms with Gasteiger partial charge in [0.2, 0.25) is 0 Å². The maximum absolute atomic E-state index is 14.7. The van der Waals surface area contributed by atoms with Gasteiger partial charge in [-0.05, 0) is 67.5 Å². The second kappa shape index (κ2) is 7.30. The normalized spacial score (nSPS) is 50.9. The molecule has 5 aliphatic rings. The Kier molecular flexibility index (Phi) is 5.30. The lowest BCUT2D eigenvalue weighted by molar-refractivity contribution is -0.183. The topological polar surface area (TPSA) is 102 Å². The molecule has 5 fully saturated rings. The predicted octanol–water partition coefficient (Wildman–Crippen LogP) is 4.05. The van der Waals surface area contributed by atoms with E-state index in [-0.39, 0.29) is 35.4 Å². The van der Waals surface area contributed by atoms with Gasteiger partial charge in [-0.3, -0.25) is 4.79 Å². The molecule has 1 saturated heterocycles. The van der Waals surface area contributed by atoms with Crippen molar-refractivity contribution in [1.82, 2.24) is 0 Å². The molecule has 34 heavy (non-hydrogen) atoms. The lowest BCUT2D eigenvalue weighted by Gasteiger charge is -2.48. The smallest absolute Gasteiger partial charge is 0.423 e. The maximum Gasteiger partial charge on any atom is 0.509 e. The maximum atomic E-state index is 14.7. The zero-order valence-corrected chi connectivity index (χ0v) is 22.7. The molecule has 0 unspecified atom stereocenters. The first-order valence-corrected chi connectivity index (χ1v) is 15.8. The third-order valence-corrected chi connectivity index (χ3v) is 15.8. The fourth-order valence-electron chi connectivity index (χ4n) is 9.12. The number of hydrogen-bond acceptors (Lipinski definition) is 7. The number of carbonyl (C=O) groups is 2. The zero-order valence-electron chi connectivity index (χ0n) is 21.7. The molecule has 5 rings (SSSR count). The third-order valence-electron chi connectivity index (χ3n) is 11.2. The Balaban J connectivity index is 1.72. The van der Waals surface area contributed by atoms with Crippen molar-refractivity contribution >= 4 is 20.3 Å². The Morgan fingerprint density at radius 3 is 2.29 bits per heavy atom. The summed E-state index contributed by atoms with van der Waals surface area (Å²) >= 11 is 0. The molecule has 2 bridgehead atoms. The van der Waals surface area contributed by atoms with Crippen LogP contribution in [0.3, 0.4) is 0 Å². The summed E-state index contributed by atoms with van der Waals surface area (Å²) in [6.45, 7) is 14.5. The van der Waals surface area contributed by atoms with Crippen LogP contribution in [0.2, 0.25) is 18.1 Å².